The van der Waals surface area contributed by atoms with Gasteiger partial charge in [0.2, 0.25) is 5.82 Å². The van der Waals surface area contributed by atoms with Crippen LogP contribution in [0.3, 0.4) is 0 Å². The van der Waals surface area contributed by atoms with Gasteiger partial charge in [-0.1, -0.05) is 64.5 Å². The van der Waals surface area contributed by atoms with Crippen LogP contribution in [0.5, 0.6) is 0 Å². The molecule has 0 saturated carbocycles. The fraction of sp³-hybridized carbons (Fsp3) is 0.0385. The Morgan fingerprint density at radius 3 is 2.46 bits per heavy atom. The molecular formula is C26H21N7O3S. The molecular weight excluding hydrogens is 490 g/mol. The minimum atomic E-state index is -0.456. The highest BCUT2D eigenvalue weighted by Gasteiger charge is 2.19. The van der Waals surface area contributed by atoms with E-state index in [4.69, 9.17) is 10.3 Å². The number of para-hydroxylation sites is 1. The van der Waals surface area contributed by atoms with Crippen LogP contribution in [0.25, 0.3) is 22.2 Å². The van der Waals surface area contributed by atoms with Gasteiger partial charge in [0.05, 0.1) is 0 Å². The topological polar surface area (TPSA) is 148 Å². The number of hydrogen-bond acceptors (Lipinski definition) is 8. The van der Waals surface area contributed by atoms with E-state index in [1.54, 1.807) is 42.5 Å². The molecule has 0 bridgehead atoms. The smallest absolute Gasteiger partial charge is 0.325 e. The van der Waals surface area contributed by atoms with Crippen LogP contribution >= 0.6 is 11.3 Å². The molecule has 0 unspecified atom stereocenters. The molecule has 10 nitrogen and oxygen atoms in total. The van der Waals surface area contributed by atoms with Crippen LogP contribution in [0.4, 0.5) is 27.1 Å². The lowest BCUT2D eigenvalue weighted by molar-refractivity contribution is 0.102. The number of hydrogen-bond donors (Lipinski definition) is 4. The quantitative estimate of drug-likeness (QED) is 0.230. The third kappa shape index (κ3) is 5.63. The molecule has 0 spiro atoms. The third-order valence-electron chi connectivity index (χ3n) is 5.18. The van der Waals surface area contributed by atoms with Crippen LogP contribution in [0.15, 0.2) is 83.4 Å². The molecule has 5 N–H and O–H groups in total. The maximum absolute atomic E-state index is 12.6. The van der Waals surface area contributed by atoms with Crippen molar-refractivity contribution in [2.24, 2.45) is 0 Å². The molecule has 2 heterocycles. The predicted octanol–water partition coefficient (Wildman–Crippen LogP) is 5.65. The van der Waals surface area contributed by atoms with Crippen LogP contribution in [-0.4, -0.2) is 27.1 Å². The van der Waals surface area contributed by atoms with Gasteiger partial charge in [-0.05, 0) is 43.3 Å². The van der Waals surface area contributed by atoms with E-state index in [1.165, 1.54) is 0 Å². The summed E-state index contributed by atoms with van der Waals surface area (Å²) >= 11 is 1.11. The van der Waals surface area contributed by atoms with Gasteiger partial charge in [-0.25, -0.2) is 9.78 Å². The normalized spacial score (nSPS) is 10.6. The summed E-state index contributed by atoms with van der Waals surface area (Å²) in [5.41, 5.74) is 9.48. The number of nitrogens with zero attached hydrogens (tertiary/aromatic N) is 3. The number of nitrogen functional groups attached to an aromatic ring is 1. The second-order valence-electron chi connectivity index (χ2n) is 8.01. The fourth-order valence-electron chi connectivity index (χ4n) is 3.48. The zero-order valence-electron chi connectivity index (χ0n) is 19.6. The summed E-state index contributed by atoms with van der Waals surface area (Å²) < 4.78 is 5.42. The van der Waals surface area contributed by atoms with Crippen molar-refractivity contribution in [2.75, 3.05) is 21.7 Å². The number of urea groups is 1. The minimum Gasteiger partial charge on any atom is -0.382 e. The van der Waals surface area contributed by atoms with Gasteiger partial charge in [0.1, 0.15) is 10.7 Å². The average molecular weight is 512 g/mol. The summed E-state index contributed by atoms with van der Waals surface area (Å²) in [7, 11) is 0. The van der Waals surface area contributed by atoms with Crippen LogP contribution in [0.2, 0.25) is 0 Å². The lowest BCUT2D eigenvalue weighted by atomic mass is 10.1. The predicted molar refractivity (Wildman–Crippen MR) is 143 cm³/mol. The Bertz CT molecular complexity index is 1580. The Morgan fingerprint density at radius 2 is 1.65 bits per heavy atom. The molecule has 3 amide bonds. The van der Waals surface area contributed by atoms with E-state index < -0.39 is 6.03 Å². The highest BCUT2D eigenvalue weighted by Crippen LogP contribution is 2.35. The number of nitrogens with one attached hydrogen (secondary N) is 3. The highest BCUT2D eigenvalue weighted by molar-refractivity contribution is 7.19. The number of aryl methyl sites for hydroxylation is 1. The van der Waals surface area contributed by atoms with Crippen molar-refractivity contribution in [3.8, 4) is 22.2 Å². The summed E-state index contributed by atoms with van der Waals surface area (Å²) in [6.07, 6.45) is 0. The molecule has 0 aliphatic heterocycles. The van der Waals surface area contributed by atoms with Crippen molar-refractivity contribution in [3.05, 3.63) is 90.0 Å². The zero-order valence-corrected chi connectivity index (χ0v) is 20.4. The maximum atomic E-state index is 12.6. The summed E-state index contributed by atoms with van der Waals surface area (Å²) in [5.74, 6) is 0.402. The van der Waals surface area contributed by atoms with Crippen molar-refractivity contribution in [1.82, 2.24) is 15.1 Å². The van der Waals surface area contributed by atoms with E-state index in [1.807, 2.05) is 43.3 Å². The molecule has 184 valence electrons. The van der Waals surface area contributed by atoms with Gasteiger partial charge in [0, 0.05) is 22.5 Å². The monoisotopic (exact) mass is 511 g/mol. The standard InChI is InChI=1S/C26H21N7O3S/c1-15-7-5-9-17(13-15)23(34)28-19-12-6-8-16(14-19)22-31-24(36-33-22)20-21(27)30-26(37-20)32-25(35)29-18-10-3-2-4-11-18/h2-14H,27H2,1H3,(H,28,34)(H2,29,30,32,35). The van der Waals surface area contributed by atoms with Gasteiger partial charge in [0.25, 0.3) is 11.8 Å². The molecule has 5 aromatic rings. The van der Waals surface area contributed by atoms with Crippen LogP contribution in [0, 0.1) is 6.92 Å². The molecule has 3 aromatic carbocycles. The van der Waals surface area contributed by atoms with E-state index in [0.29, 0.717) is 33.2 Å². The zero-order chi connectivity index (χ0) is 25.8. The number of nitrogens with two attached hydrogens (primary N) is 1. The van der Waals surface area contributed by atoms with Crippen LogP contribution in [0.1, 0.15) is 15.9 Å². The lowest BCUT2D eigenvalue weighted by Gasteiger charge is -2.06. The second kappa shape index (κ2) is 10.3. The average Bonchev–Trinajstić information content (AvgIpc) is 3.51. The maximum Gasteiger partial charge on any atom is 0.325 e. The van der Waals surface area contributed by atoms with Crippen molar-refractivity contribution in [2.45, 2.75) is 6.92 Å². The van der Waals surface area contributed by atoms with E-state index in [-0.39, 0.29) is 22.7 Å². The Balaban J connectivity index is 1.29. The van der Waals surface area contributed by atoms with Crippen molar-refractivity contribution in [3.63, 3.8) is 0 Å². The molecule has 0 aliphatic rings. The summed E-state index contributed by atoms with van der Waals surface area (Å²) in [5, 5.41) is 12.6. The first-order chi connectivity index (χ1) is 17.9. The largest absolute Gasteiger partial charge is 0.382 e. The molecule has 5 rings (SSSR count). The highest BCUT2D eigenvalue weighted by atomic mass is 32.1. The molecule has 2 aromatic heterocycles. The summed E-state index contributed by atoms with van der Waals surface area (Å²) in [4.78, 5) is 33.9. The number of benzene rings is 3. The first kappa shape index (κ1) is 23.7. The van der Waals surface area contributed by atoms with Gasteiger partial charge < -0.3 is 20.9 Å². The molecule has 0 atom stereocenters. The second-order valence-corrected chi connectivity index (χ2v) is 9.01. The van der Waals surface area contributed by atoms with E-state index in [9.17, 15) is 9.59 Å². The van der Waals surface area contributed by atoms with Gasteiger partial charge in [-0.3, -0.25) is 10.1 Å². The summed E-state index contributed by atoms with van der Waals surface area (Å²) in [6.45, 7) is 1.93. The van der Waals surface area contributed by atoms with E-state index >= 15 is 0 Å². The lowest BCUT2D eigenvalue weighted by Crippen LogP contribution is -2.19. The number of thiazole rings is 1. The fourth-order valence-corrected chi connectivity index (χ4v) is 4.28. The van der Waals surface area contributed by atoms with E-state index in [0.717, 1.165) is 16.9 Å². The Hall–Kier alpha value is -5.03. The molecule has 11 heteroatoms. The summed E-state index contributed by atoms with van der Waals surface area (Å²) in [6, 6.07) is 23.0. The molecule has 0 saturated heterocycles. The minimum absolute atomic E-state index is 0.148. The number of rotatable bonds is 6. The molecule has 0 radical (unpaired) electrons. The van der Waals surface area contributed by atoms with Crippen molar-refractivity contribution >= 4 is 45.6 Å². The molecule has 0 aliphatic carbocycles. The Morgan fingerprint density at radius 1 is 0.865 bits per heavy atom. The molecule has 0 fully saturated rings. The van der Waals surface area contributed by atoms with Crippen LogP contribution in [-0.2, 0) is 0 Å². The Labute approximate surface area is 215 Å². The van der Waals surface area contributed by atoms with Crippen molar-refractivity contribution < 1.29 is 14.1 Å². The van der Waals surface area contributed by atoms with Crippen LogP contribution < -0.4 is 21.7 Å². The number of aromatic nitrogens is 3. The first-order valence-corrected chi connectivity index (χ1v) is 12.0. The number of amides is 3. The number of anilines is 4. The third-order valence-corrected chi connectivity index (χ3v) is 6.16. The van der Waals surface area contributed by atoms with Gasteiger partial charge in [-0.15, -0.1) is 0 Å². The SMILES string of the molecule is Cc1cccc(C(=O)Nc2cccc(-c3noc(-c4sc(NC(=O)Nc5ccccc5)nc4N)n3)c2)c1. The van der Waals surface area contributed by atoms with Gasteiger partial charge >= 0.3 is 6.03 Å². The number of carbonyl (C=O) groups excluding carboxylic acids is 2. The van der Waals surface area contributed by atoms with Gasteiger partial charge in [0.15, 0.2) is 5.13 Å². The number of carbonyl (C=O) groups is 2. The molecule has 37 heavy (non-hydrogen) atoms. The van der Waals surface area contributed by atoms with Gasteiger partial charge in [-0.2, -0.15) is 4.98 Å². The first-order valence-electron chi connectivity index (χ1n) is 11.2. The van der Waals surface area contributed by atoms with Crippen molar-refractivity contribution in [1.29, 1.82) is 0 Å². The van der Waals surface area contributed by atoms with E-state index in [2.05, 4.69) is 31.1 Å². The Kier molecular flexibility index (Phi) is 6.60.